The standard InChI is InChI=1S/C47H50N4O.Pt/c1-43(2,3)30-24-25-48-40(26-30)51-39-28-33(52-32-17-15-16-31(27-32)50-29-49(12)37-18-13-14-19-38(37)50)20-21-34(39)44(4,5)36-23-22-35-41(42(36)51)46(8,9)47(10,11)45(35,6)7;/h13-26H,1-12H3;/q-2;. The number of imidazole rings is 1. The minimum atomic E-state index is -0.298. The first-order valence-corrected chi connectivity index (χ1v) is 19.8. The Morgan fingerprint density at radius 1 is 0.717 bits per heavy atom. The van der Waals surface area contributed by atoms with E-state index in [4.69, 9.17) is 9.72 Å². The van der Waals surface area contributed by atoms with Crippen LogP contribution >= 0.6 is 0 Å². The van der Waals surface area contributed by atoms with Crippen molar-refractivity contribution in [1.29, 1.82) is 0 Å². The van der Waals surface area contributed by atoms with Gasteiger partial charge in [-0.05, 0) is 38.9 Å². The van der Waals surface area contributed by atoms with Crippen LogP contribution in [0.3, 0.4) is 0 Å². The second-order valence-electron chi connectivity index (χ2n) is 18.1. The van der Waals surface area contributed by atoms with E-state index < -0.39 is 0 Å². The maximum absolute atomic E-state index is 6.70. The average Bonchev–Trinajstić information content (AvgIpc) is 3.41. The third kappa shape index (κ3) is 5.05. The molecule has 8 rings (SSSR count). The van der Waals surface area contributed by atoms with Gasteiger partial charge in [-0.3, -0.25) is 0 Å². The van der Waals surface area contributed by atoms with Crippen LogP contribution in [0.15, 0.2) is 85.1 Å². The molecule has 0 amide bonds. The van der Waals surface area contributed by atoms with E-state index in [1.54, 1.807) is 0 Å². The van der Waals surface area contributed by atoms with Gasteiger partial charge in [0, 0.05) is 6.20 Å². The second kappa shape index (κ2) is 11.6. The summed E-state index contributed by atoms with van der Waals surface area (Å²) in [4.78, 5) is 7.51. The zero-order valence-electron chi connectivity index (χ0n) is 33.1. The number of nitrogens with zero attached hydrogens (tertiary/aromatic N) is 4. The van der Waals surface area contributed by atoms with Crippen LogP contribution < -0.4 is 9.64 Å². The summed E-state index contributed by atoms with van der Waals surface area (Å²) >= 11 is 2.38. The third-order valence-electron chi connectivity index (χ3n) is 13.3. The molecule has 0 saturated carbocycles. The molecule has 2 aromatic heterocycles. The van der Waals surface area contributed by atoms with E-state index in [9.17, 15) is 0 Å². The Balaban J connectivity index is 1.33. The van der Waals surface area contributed by atoms with Crippen LogP contribution in [0.25, 0.3) is 16.7 Å². The summed E-state index contributed by atoms with van der Waals surface area (Å²) in [5.74, 6) is 2.17. The molecule has 276 valence electrons. The number of rotatable bonds is 4. The normalized spacial score (nSPS) is 17.7. The molecule has 6 aromatic rings. The topological polar surface area (TPSA) is 35.2 Å². The Kier molecular flexibility index (Phi) is 7.86. The summed E-state index contributed by atoms with van der Waals surface area (Å²) in [6.07, 6.45) is 1.96. The van der Waals surface area contributed by atoms with Crippen LogP contribution in [0.1, 0.15) is 104 Å². The molecule has 6 heteroatoms. The molecule has 1 aliphatic carbocycles. The van der Waals surface area contributed by atoms with Crippen molar-refractivity contribution < 1.29 is 24.1 Å². The van der Waals surface area contributed by atoms with Gasteiger partial charge in [-0.2, -0.15) is 0 Å². The van der Waals surface area contributed by atoms with E-state index in [2.05, 4.69) is 195 Å². The van der Waals surface area contributed by atoms with Crippen LogP contribution in [0, 0.1) is 21.4 Å². The second-order valence-corrected chi connectivity index (χ2v) is 19.1. The van der Waals surface area contributed by atoms with E-state index in [1.165, 1.54) is 33.5 Å². The Bertz CT molecular complexity index is 2520. The van der Waals surface area contributed by atoms with Gasteiger partial charge in [0.2, 0.25) is 0 Å². The monoisotopic (exact) mass is 881 g/mol. The van der Waals surface area contributed by atoms with Crippen molar-refractivity contribution in [3.8, 4) is 17.2 Å². The molecule has 53 heavy (non-hydrogen) atoms. The Morgan fingerprint density at radius 2 is 1.38 bits per heavy atom. The Labute approximate surface area is 326 Å². The molecule has 5 nitrogen and oxygen atoms in total. The van der Waals surface area contributed by atoms with E-state index >= 15 is 0 Å². The SMILES string of the molecule is Cn1[c](=[Pt])n(-c2[c-]c(Oc3[c-]c4c(cc3)C(C)(C)c3ccc5c(c3N4c3cc(C(C)(C)C)ccn3)C(C)(C)C(C)(C)C5(C)C)ccc2)c2ccccc21. The predicted octanol–water partition coefficient (Wildman–Crippen LogP) is 11.8. The zero-order chi connectivity index (χ0) is 38.0. The van der Waals surface area contributed by atoms with Gasteiger partial charge in [0.15, 0.2) is 0 Å². The average molecular weight is 882 g/mol. The van der Waals surface area contributed by atoms with E-state index in [0.717, 1.165) is 32.0 Å². The van der Waals surface area contributed by atoms with Crippen molar-refractivity contribution in [2.75, 3.05) is 4.90 Å². The number of pyridine rings is 1. The van der Waals surface area contributed by atoms with Crippen LogP contribution in [0.2, 0.25) is 0 Å². The van der Waals surface area contributed by atoms with Gasteiger partial charge in [0.1, 0.15) is 0 Å². The van der Waals surface area contributed by atoms with Crippen molar-refractivity contribution >= 4 is 28.2 Å². The van der Waals surface area contributed by atoms with E-state index in [-0.39, 0.29) is 27.1 Å². The number of aryl methyl sites for hydroxylation is 1. The van der Waals surface area contributed by atoms with Gasteiger partial charge < -0.3 is 0 Å². The number of hydrogen-bond donors (Lipinski definition) is 0. The number of ether oxygens (including phenoxy) is 1. The molecule has 0 radical (unpaired) electrons. The molecule has 0 spiro atoms. The van der Waals surface area contributed by atoms with Crippen molar-refractivity contribution in [3.05, 3.63) is 129 Å². The molecule has 4 aromatic carbocycles. The summed E-state index contributed by atoms with van der Waals surface area (Å²) in [6.45, 7) is 26.0. The summed E-state index contributed by atoms with van der Waals surface area (Å²) in [6, 6.07) is 35.4. The molecule has 0 saturated heterocycles. The summed E-state index contributed by atoms with van der Waals surface area (Å²) < 4.78 is 12.2. The molecule has 0 atom stereocenters. The van der Waals surface area contributed by atoms with Gasteiger partial charge in [-0.1, -0.05) is 74.4 Å². The number of fused-ring (bicyclic) bond motifs is 5. The number of anilines is 3. The number of para-hydroxylation sites is 2. The molecular formula is C47H50N4OPt-2. The fourth-order valence-electron chi connectivity index (χ4n) is 8.85. The quantitative estimate of drug-likeness (QED) is 0.166. The number of benzene rings is 4. The molecule has 0 unspecified atom stereocenters. The predicted molar refractivity (Wildman–Crippen MR) is 213 cm³/mol. The minimum absolute atomic E-state index is 0.0102. The number of aromatic nitrogens is 3. The summed E-state index contributed by atoms with van der Waals surface area (Å²) in [5, 5.41) is 0. The van der Waals surface area contributed by atoms with Crippen LogP contribution in [-0.2, 0) is 48.1 Å². The molecule has 3 heterocycles. The van der Waals surface area contributed by atoms with Crippen LogP contribution in [-0.4, -0.2) is 14.1 Å². The molecule has 0 N–H and O–H groups in total. The fraction of sp³-hybridized carbons (Fsp3) is 0.362. The molecule has 0 bridgehead atoms. The number of hydrogen-bond acceptors (Lipinski definition) is 3. The van der Waals surface area contributed by atoms with Gasteiger partial charge in [0.25, 0.3) is 0 Å². The van der Waals surface area contributed by atoms with Gasteiger partial charge in [-0.15, -0.1) is 0 Å². The molecule has 0 fully saturated rings. The van der Waals surface area contributed by atoms with Crippen molar-refractivity contribution in [2.45, 2.75) is 97.8 Å². The molecule has 1 aliphatic heterocycles. The van der Waals surface area contributed by atoms with E-state index in [1.807, 2.05) is 18.3 Å². The Hall–Kier alpha value is -4.21. The van der Waals surface area contributed by atoms with Gasteiger partial charge in [0.05, 0.1) is 0 Å². The van der Waals surface area contributed by atoms with Gasteiger partial charge >= 0.3 is 208 Å². The Morgan fingerprint density at radius 3 is 2.09 bits per heavy atom. The van der Waals surface area contributed by atoms with Crippen molar-refractivity contribution in [1.82, 2.24) is 14.1 Å². The van der Waals surface area contributed by atoms with Gasteiger partial charge in [-0.25, -0.2) is 0 Å². The summed E-state index contributed by atoms with van der Waals surface area (Å²) in [7, 11) is 2.10. The first kappa shape index (κ1) is 35.8. The van der Waals surface area contributed by atoms with E-state index in [0.29, 0.717) is 11.5 Å². The van der Waals surface area contributed by atoms with Crippen molar-refractivity contribution in [2.24, 2.45) is 12.5 Å². The van der Waals surface area contributed by atoms with Crippen LogP contribution in [0.5, 0.6) is 11.5 Å². The van der Waals surface area contributed by atoms with Crippen LogP contribution in [0.4, 0.5) is 17.2 Å². The third-order valence-corrected chi connectivity index (χ3v) is 14.5. The maximum atomic E-state index is 6.70. The summed E-state index contributed by atoms with van der Waals surface area (Å²) in [5.41, 5.74) is 11.4. The zero-order valence-corrected chi connectivity index (χ0v) is 35.4. The first-order chi connectivity index (χ1) is 24.8. The fourth-order valence-corrected chi connectivity index (χ4v) is 9.67. The molecule has 2 aliphatic rings. The molecular weight excluding hydrogens is 832 g/mol. The first-order valence-electron chi connectivity index (χ1n) is 18.6. The van der Waals surface area contributed by atoms with Crippen molar-refractivity contribution in [3.63, 3.8) is 0 Å².